The van der Waals surface area contributed by atoms with Gasteiger partial charge in [-0.1, -0.05) is 18.2 Å². The number of hydrogen-bond acceptors (Lipinski definition) is 5. The first-order chi connectivity index (χ1) is 14.5. The van der Waals surface area contributed by atoms with Crippen LogP contribution in [0.15, 0.2) is 53.4 Å². The molecule has 0 atom stereocenters. The fourth-order valence-electron chi connectivity index (χ4n) is 2.35. The largest absolute Gasteiger partial charge is 0.573 e. The quantitative estimate of drug-likeness (QED) is 0.523. The lowest BCUT2D eigenvalue weighted by atomic mass is 10.2. The molecule has 0 aliphatic heterocycles. The Hall–Kier alpha value is -2.93. The lowest BCUT2D eigenvalue weighted by molar-refractivity contribution is -0.274. The number of sulfonamides is 1. The van der Waals surface area contributed by atoms with Crippen molar-refractivity contribution in [2.24, 2.45) is 0 Å². The fraction of sp³-hybridized carbons (Fsp3) is 0.278. The van der Waals surface area contributed by atoms with Crippen LogP contribution in [0.4, 0.5) is 22.0 Å². The van der Waals surface area contributed by atoms with E-state index in [-0.39, 0.29) is 30.2 Å². The molecule has 0 unspecified atom stereocenters. The van der Waals surface area contributed by atoms with Crippen LogP contribution in [0.5, 0.6) is 11.5 Å². The second-order valence-electron chi connectivity index (χ2n) is 5.93. The molecule has 1 amide bonds. The standard InChI is InChI=1S/C18H17F5N2O5S/c19-17(20)29-15-4-2-1-3-12(15)11-24-16(26)9-10-25-31(27,28)14-7-5-13(6-8-14)30-18(21,22)23/h1-8,17,25H,9-11H2,(H,24,26). The van der Waals surface area contributed by atoms with Crippen LogP contribution in [-0.2, 0) is 21.4 Å². The highest BCUT2D eigenvalue weighted by Gasteiger charge is 2.31. The summed E-state index contributed by atoms with van der Waals surface area (Å²) in [7, 11) is -4.07. The van der Waals surface area contributed by atoms with Gasteiger partial charge in [0.1, 0.15) is 11.5 Å². The highest BCUT2D eigenvalue weighted by atomic mass is 32.2. The first-order valence-electron chi connectivity index (χ1n) is 8.61. The molecule has 2 rings (SSSR count). The lowest BCUT2D eigenvalue weighted by Gasteiger charge is -2.12. The molecule has 0 saturated heterocycles. The zero-order valence-corrected chi connectivity index (χ0v) is 16.5. The van der Waals surface area contributed by atoms with Crippen molar-refractivity contribution in [1.82, 2.24) is 10.0 Å². The zero-order valence-electron chi connectivity index (χ0n) is 15.7. The van der Waals surface area contributed by atoms with Gasteiger partial charge in [0.2, 0.25) is 15.9 Å². The Balaban J connectivity index is 1.84. The summed E-state index contributed by atoms with van der Waals surface area (Å²) in [4.78, 5) is 11.6. The van der Waals surface area contributed by atoms with Crippen molar-refractivity contribution in [3.63, 3.8) is 0 Å². The predicted molar refractivity (Wildman–Crippen MR) is 97.9 cm³/mol. The average molecular weight is 468 g/mol. The number of benzene rings is 2. The van der Waals surface area contributed by atoms with Crippen LogP contribution in [0.1, 0.15) is 12.0 Å². The van der Waals surface area contributed by atoms with Crippen LogP contribution in [0.2, 0.25) is 0 Å². The maximum Gasteiger partial charge on any atom is 0.573 e. The van der Waals surface area contributed by atoms with Crippen molar-refractivity contribution >= 4 is 15.9 Å². The average Bonchev–Trinajstić information content (AvgIpc) is 2.66. The number of carbonyl (C=O) groups excluding carboxylic acids is 1. The normalized spacial score (nSPS) is 11.9. The molecule has 0 aliphatic rings. The van der Waals surface area contributed by atoms with Crippen LogP contribution in [-0.4, -0.2) is 33.8 Å². The number of carbonyl (C=O) groups is 1. The van der Waals surface area contributed by atoms with E-state index in [1.807, 2.05) is 0 Å². The second kappa shape index (κ2) is 10.4. The maximum atomic E-state index is 12.4. The third-order valence-electron chi connectivity index (χ3n) is 3.68. The van der Waals surface area contributed by atoms with Crippen molar-refractivity contribution in [3.05, 3.63) is 54.1 Å². The van der Waals surface area contributed by atoms with E-state index in [1.54, 1.807) is 6.07 Å². The molecule has 2 aromatic rings. The molecule has 2 aromatic carbocycles. The Kier molecular flexibility index (Phi) is 8.16. The van der Waals surface area contributed by atoms with Crippen molar-refractivity contribution in [2.75, 3.05) is 6.54 Å². The molecule has 2 N–H and O–H groups in total. The highest BCUT2D eigenvalue weighted by molar-refractivity contribution is 7.89. The second-order valence-corrected chi connectivity index (χ2v) is 7.70. The smallest absolute Gasteiger partial charge is 0.434 e. The Morgan fingerprint density at radius 3 is 2.29 bits per heavy atom. The van der Waals surface area contributed by atoms with Gasteiger partial charge < -0.3 is 14.8 Å². The third kappa shape index (κ3) is 8.38. The fourth-order valence-corrected chi connectivity index (χ4v) is 3.38. The van der Waals surface area contributed by atoms with Crippen molar-refractivity contribution in [3.8, 4) is 11.5 Å². The molecule has 0 radical (unpaired) electrons. The monoisotopic (exact) mass is 468 g/mol. The molecule has 7 nitrogen and oxygen atoms in total. The van der Waals surface area contributed by atoms with Gasteiger partial charge in [-0.05, 0) is 30.3 Å². The lowest BCUT2D eigenvalue weighted by Crippen LogP contribution is -2.30. The van der Waals surface area contributed by atoms with Gasteiger partial charge >= 0.3 is 13.0 Å². The molecular weight excluding hydrogens is 451 g/mol. The minimum absolute atomic E-state index is 0.101. The first kappa shape index (κ1) is 24.3. The van der Waals surface area contributed by atoms with Gasteiger partial charge in [0.15, 0.2) is 0 Å². The van der Waals surface area contributed by atoms with Gasteiger partial charge in [-0.2, -0.15) is 8.78 Å². The summed E-state index contributed by atoms with van der Waals surface area (Å²) in [6.07, 6.45) is -5.18. The molecule has 0 saturated carbocycles. The van der Waals surface area contributed by atoms with Gasteiger partial charge in [0, 0.05) is 25.1 Å². The Morgan fingerprint density at radius 2 is 1.68 bits per heavy atom. The van der Waals surface area contributed by atoms with E-state index in [9.17, 15) is 35.2 Å². The molecule has 0 spiro atoms. The molecule has 0 fully saturated rings. The summed E-state index contributed by atoms with van der Waals surface area (Å²) in [5.74, 6) is -1.25. The predicted octanol–water partition coefficient (Wildman–Crippen LogP) is 3.17. The molecule has 0 bridgehead atoms. The number of ether oxygens (including phenoxy) is 2. The first-order valence-corrected chi connectivity index (χ1v) is 10.1. The van der Waals surface area contributed by atoms with E-state index in [0.29, 0.717) is 5.56 Å². The van der Waals surface area contributed by atoms with Crippen molar-refractivity contribution < 1.29 is 44.6 Å². The molecule has 0 aromatic heterocycles. The molecule has 13 heteroatoms. The van der Waals surface area contributed by atoms with Crippen LogP contribution in [0.3, 0.4) is 0 Å². The van der Waals surface area contributed by atoms with E-state index in [2.05, 4.69) is 19.5 Å². The molecule has 0 aliphatic carbocycles. The SMILES string of the molecule is O=C(CCNS(=O)(=O)c1ccc(OC(F)(F)F)cc1)NCc1ccccc1OC(F)F. The van der Waals surface area contributed by atoms with Crippen molar-refractivity contribution in [1.29, 1.82) is 0 Å². The number of halogens is 5. The van der Waals surface area contributed by atoms with E-state index in [1.165, 1.54) is 18.2 Å². The van der Waals surface area contributed by atoms with Crippen molar-refractivity contribution in [2.45, 2.75) is 30.8 Å². The summed E-state index contributed by atoms with van der Waals surface area (Å²) in [5.41, 5.74) is 0.304. The summed E-state index contributed by atoms with van der Waals surface area (Å²) >= 11 is 0. The molecular formula is C18H17F5N2O5S. The molecule has 31 heavy (non-hydrogen) atoms. The van der Waals surface area contributed by atoms with Crippen LogP contribution in [0, 0.1) is 0 Å². The number of para-hydroxylation sites is 1. The number of alkyl halides is 5. The van der Waals surface area contributed by atoms with Gasteiger partial charge in [-0.15, -0.1) is 13.2 Å². The van der Waals surface area contributed by atoms with Gasteiger partial charge in [0.25, 0.3) is 0 Å². The number of amides is 1. The zero-order chi connectivity index (χ0) is 23.1. The third-order valence-corrected chi connectivity index (χ3v) is 5.15. The number of hydrogen-bond donors (Lipinski definition) is 2. The summed E-state index contributed by atoms with van der Waals surface area (Å²) in [6.45, 7) is -3.44. The molecule has 170 valence electrons. The Morgan fingerprint density at radius 1 is 1.03 bits per heavy atom. The minimum atomic E-state index is -4.90. The highest BCUT2D eigenvalue weighted by Crippen LogP contribution is 2.24. The number of nitrogens with one attached hydrogen (secondary N) is 2. The van der Waals surface area contributed by atoms with E-state index < -0.39 is 34.7 Å². The Labute approximate surface area is 174 Å². The minimum Gasteiger partial charge on any atom is -0.434 e. The van der Waals surface area contributed by atoms with Crippen LogP contribution >= 0.6 is 0 Å². The van der Waals surface area contributed by atoms with E-state index in [4.69, 9.17) is 0 Å². The summed E-state index contributed by atoms with van der Waals surface area (Å²) in [6, 6.07) is 9.37. The van der Waals surface area contributed by atoms with Gasteiger partial charge in [-0.25, -0.2) is 13.1 Å². The van der Waals surface area contributed by atoms with Gasteiger partial charge in [-0.3, -0.25) is 4.79 Å². The Bertz CT molecular complexity index is 982. The van der Waals surface area contributed by atoms with Crippen LogP contribution in [0.25, 0.3) is 0 Å². The van der Waals surface area contributed by atoms with E-state index >= 15 is 0 Å². The summed E-state index contributed by atoms with van der Waals surface area (Å²) in [5, 5.41) is 2.45. The molecule has 0 heterocycles. The van der Waals surface area contributed by atoms with Crippen LogP contribution < -0.4 is 19.5 Å². The van der Waals surface area contributed by atoms with E-state index in [0.717, 1.165) is 24.3 Å². The number of rotatable bonds is 10. The van der Waals surface area contributed by atoms with Gasteiger partial charge in [0.05, 0.1) is 4.90 Å². The topological polar surface area (TPSA) is 93.7 Å². The maximum absolute atomic E-state index is 12.4. The summed E-state index contributed by atoms with van der Waals surface area (Å²) < 4.78 is 95.6.